The Morgan fingerprint density at radius 3 is 2.24 bits per heavy atom. The van der Waals surface area contributed by atoms with Gasteiger partial charge in [0.15, 0.2) is 10.9 Å². The second-order valence-electron chi connectivity index (χ2n) is 7.58. The van der Waals surface area contributed by atoms with Crippen molar-refractivity contribution in [3.8, 4) is 0 Å². The zero-order chi connectivity index (χ0) is 24.4. The van der Waals surface area contributed by atoms with Crippen LogP contribution in [0.3, 0.4) is 0 Å². The molecule has 0 atom stereocenters. The van der Waals surface area contributed by atoms with Crippen LogP contribution in [-0.2, 0) is 13.1 Å². The largest absolute Gasteiger partial charge is 0.329 e. The molecule has 0 aliphatic heterocycles. The maximum absolute atomic E-state index is 14.2. The summed E-state index contributed by atoms with van der Waals surface area (Å²) in [7, 11) is 0. The van der Waals surface area contributed by atoms with Gasteiger partial charge in [-0.25, -0.2) is 4.39 Å². The monoisotopic (exact) mass is 536 g/mol. The Balaban J connectivity index is 1.44. The molecule has 0 saturated carbocycles. The van der Waals surface area contributed by atoms with Crippen molar-refractivity contribution in [3.05, 3.63) is 92.1 Å². The summed E-state index contributed by atoms with van der Waals surface area (Å²) in [5.41, 5.74) is 3.40. The Morgan fingerprint density at radius 1 is 0.912 bits per heavy atom. The van der Waals surface area contributed by atoms with E-state index in [-0.39, 0.29) is 12.4 Å². The normalized spacial score (nSPS) is 11.0. The average molecular weight is 538 g/mol. The molecule has 34 heavy (non-hydrogen) atoms. The highest BCUT2D eigenvalue weighted by Gasteiger charge is 2.16. The van der Waals surface area contributed by atoms with Gasteiger partial charge in [0, 0.05) is 38.5 Å². The van der Waals surface area contributed by atoms with Crippen molar-refractivity contribution in [1.29, 1.82) is 0 Å². The van der Waals surface area contributed by atoms with E-state index in [1.54, 1.807) is 52.0 Å². The summed E-state index contributed by atoms with van der Waals surface area (Å²) in [5, 5.41) is 17.1. The first kappa shape index (κ1) is 24.5. The van der Waals surface area contributed by atoms with Gasteiger partial charge in [0.05, 0.1) is 30.2 Å². The zero-order valence-corrected chi connectivity index (χ0v) is 21.3. The van der Waals surface area contributed by atoms with E-state index in [0.717, 1.165) is 16.9 Å². The highest BCUT2D eigenvalue weighted by Crippen LogP contribution is 2.26. The molecule has 4 rings (SSSR count). The van der Waals surface area contributed by atoms with Gasteiger partial charge in [-0.05, 0) is 50.3 Å². The molecule has 2 heterocycles. The number of halogens is 4. The van der Waals surface area contributed by atoms with Gasteiger partial charge in [0.25, 0.3) is 0 Å². The fourth-order valence-corrected chi connectivity index (χ4v) is 4.43. The van der Waals surface area contributed by atoms with Gasteiger partial charge in [0.1, 0.15) is 5.82 Å². The van der Waals surface area contributed by atoms with E-state index in [1.165, 1.54) is 6.07 Å². The first-order valence-electron chi connectivity index (χ1n) is 10.2. The minimum Gasteiger partial charge on any atom is -0.329 e. The van der Waals surface area contributed by atoms with E-state index in [1.807, 2.05) is 13.8 Å². The number of nitrogens with zero attached hydrogens (tertiary/aromatic N) is 4. The number of benzene rings is 2. The Bertz CT molecular complexity index is 1330. The van der Waals surface area contributed by atoms with Crippen LogP contribution in [0.25, 0.3) is 0 Å². The fraction of sp³-hybridized carbons (Fsp3) is 0.174. The van der Waals surface area contributed by atoms with Crippen LogP contribution in [0.1, 0.15) is 22.5 Å². The Morgan fingerprint density at radius 2 is 1.56 bits per heavy atom. The third-order valence-electron chi connectivity index (χ3n) is 5.25. The molecule has 2 aromatic heterocycles. The first-order valence-corrected chi connectivity index (χ1v) is 11.8. The maximum atomic E-state index is 14.2. The predicted molar refractivity (Wildman–Crippen MR) is 140 cm³/mol. The molecular formula is C23H20Cl3FN6S. The number of aromatic nitrogens is 4. The summed E-state index contributed by atoms with van der Waals surface area (Å²) in [4.78, 5) is 0. The number of rotatable bonds is 6. The van der Waals surface area contributed by atoms with Crippen LogP contribution in [0.2, 0.25) is 15.1 Å². The quantitative estimate of drug-likeness (QED) is 0.268. The molecule has 0 bridgehead atoms. The van der Waals surface area contributed by atoms with Crippen LogP contribution in [0, 0.1) is 19.7 Å². The Labute approximate surface area is 216 Å². The average Bonchev–Trinajstić information content (AvgIpc) is 3.32. The van der Waals surface area contributed by atoms with Gasteiger partial charge in [-0.1, -0.05) is 46.9 Å². The summed E-state index contributed by atoms with van der Waals surface area (Å²) < 4.78 is 17.6. The number of anilines is 2. The molecule has 4 aromatic rings. The molecule has 0 aliphatic carbocycles. The third-order valence-corrected chi connectivity index (χ3v) is 6.52. The SMILES string of the molecule is Cc1nn(Cc2c(F)cccc2Cl)c(C)c1NC(=S)Nc1ccn(Cc2c(Cl)cccc2Cl)n1. The lowest BCUT2D eigenvalue weighted by Crippen LogP contribution is -2.20. The maximum Gasteiger partial charge on any atom is 0.176 e. The van der Waals surface area contributed by atoms with Crippen molar-refractivity contribution in [2.75, 3.05) is 10.6 Å². The van der Waals surface area contributed by atoms with Crippen LogP contribution in [-0.4, -0.2) is 24.7 Å². The van der Waals surface area contributed by atoms with E-state index in [4.69, 9.17) is 47.0 Å². The molecule has 0 unspecified atom stereocenters. The molecule has 0 radical (unpaired) electrons. The van der Waals surface area contributed by atoms with Crippen molar-refractivity contribution < 1.29 is 4.39 Å². The highest BCUT2D eigenvalue weighted by molar-refractivity contribution is 7.80. The first-order chi connectivity index (χ1) is 16.2. The highest BCUT2D eigenvalue weighted by atomic mass is 35.5. The second kappa shape index (κ2) is 10.3. The van der Waals surface area contributed by atoms with Gasteiger partial charge in [-0.15, -0.1) is 0 Å². The molecule has 0 fully saturated rings. The summed E-state index contributed by atoms with van der Waals surface area (Å²) in [6, 6.07) is 11.8. The third kappa shape index (κ3) is 5.36. The van der Waals surface area contributed by atoms with Crippen LogP contribution in [0.4, 0.5) is 15.9 Å². The van der Waals surface area contributed by atoms with Crippen LogP contribution in [0.5, 0.6) is 0 Å². The van der Waals surface area contributed by atoms with E-state index in [2.05, 4.69) is 20.8 Å². The van der Waals surface area contributed by atoms with Crippen LogP contribution in [0.15, 0.2) is 48.7 Å². The van der Waals surface area contributed by atoms with Gasteiger partial charge in [0.2, 0.25) is 0 Å². The predicted octanol–water partition coefficient (Wildman–Crippen LogP) is 6.70. The van der Waals surface area contributed by atoms with Crippen LogP contribution < -0.4 is 10.6 Å². The van der Waals surface area contributed by atoms with Crippen molar-refractivity contribution >= 4 is 63.6 Å². The molecule has 0 aliphatic rings. The number of thiocarbonyl (C=S) groups is 1. The van der Waals surface area contributed by atoms with E-state index in [9.17, 15) is 4.39 Å². The summed E-state index contributed by atoms with van der Waals surface area (Å²) in [5.74, 6) is 0.182. The number of hydrogen-bond acceptors (Lipinski definition) is 3. The standard InChI is InChI=1S/C23H20Cl3FN6S/c1-13-22(14(2)33(30-13)12-16-19(26)7-4-8-20(16)27)29-23(34)28-21-9-10-32(31-21)11-15-17(24)5-3-6-18(15)25/h3-10H,11-12H2,1-2H3,(H2,28,29,31,34). The number of aryl methyl sites for hydroxylation is 1. The van der Waals surface area contributed by atoms with Crippen molar-refractivity contribution in [1.82, 2.24) is 19.6 Å². The lowest BCUT2D eigenvalue weighted by Gasteiger charge is -2.11. The number of hydrogen-bond donors (Lipinski definition) is 2. The summed E-state index contributed by atoms with van der Waals surface area (Å²) in [6.07, 6.45) is 1.80. The minimum atomic E-state index is -0.375. The smallest absolute Gasteiger partial charge is 0.176 e. The van der Waals surface area contributed by atoms with Crippen LogP contribution >= 0.6 is 47.0 Å². The molecule has 0 saturated heterocycles. The number of nitrogens with one attached hydrogen (secondary N) is 2. The molecular weight excluding hydrogens is 518 g/mol. The fourth-order valence-electron chi connectivity index (χ4n) is 3.49. The van der Waals surface area contributed by atoms with Crippen molar-refractivity contribution in [3.63, 3.8) is 0 Å². The van der Waals surface area contributed by atoms with E-state index < -0.39 is 0 Å². The Hall–Kier alpha value is -2.65. The van der Waals surface area contributed by atoms with Gasteiger partial charge in [-0.2, -0.15) is 10.2 Å². The lowest BCUT2D eigenvalue weighted by atomic mass is 10.2. The van der Waals surface area contributed by atoms with Crippen molar-refractivity contribution in [2.45, 2.75) is 26.9 Å². The van der Waals surface area contributed by atoms with E-state index >= 15 is 0 Å². The zero-order valence-electron chi connectivity index (χ0n) is 18.2. The topological polar surface area (TPSA) is 59.7 Å². The Kier molecular flexibility index (Phi) is 7.42. The molecule has 2 N–H and O–H groups in total. The minimum absolute atomic E-state index is 0.203. The molecule has 0 spiro atoms. The molecule has 11 heteroatoms. The second-order valence-corrected chi connectivity index (χ2v) is 9.21. The summed E-state index contributed by atoms with van der Waals surface area (Å²) in [6.45, 7) is 4.35. The van der Waals surface area contributed by atoms with E-state index in [0.29, 0.717) is 43.8 Å². The molecule has 6 nitrogen and oxygen atoms in total. The summed E-state index contributed by atoms with van der Waals surface area (Å²) >= 11 is 24.1. The van der Waals surface area contributed by atoms with Gasteiger partial charge in [-0.3, -0.25) is 9.36 Å². The lowest BCUT2D eigenvalue weighted by molar-refractivity contribution is 0.579. The molecule has 176 valence electrons. The molecule has 2 aromatic carbocycles. The van der Waals surface area contributed by atoms with Gasteiger partial charge < -0.3 is 10.6 Å². The van der Waals surface area contributed by atoms with Crippen molar-refractivity contribution in [2.24, 2.45) is 0 Å². The molecule has 0 amide bonds. The van der Waals surface area contributed by atoms with Gasteiger partial charge >= 0.3 is 0 Å².